The first-order valence-electron chi connectivity index (χ1n) is 13.5. The first-order valence-corrected chi connectivity index (χ1v) is 13.5. The maximum atomic E-state index is 13.1. The van der Waals surface area contributed by atoms with Crippen molar-refractivity contribution in [2.24, 2.45) is 0 Å². The van der Waals surface area contributed by atoms with Crippen molar-refractivity contribution in [1.82, 2.24) is 25.0 Å². The van der Waals surface area contributed by atoms with Crippen LogP contribution in [-0.4, -0.2) is 57.2 Å². The van der Waals surface area contributed by atoms with E-state index >= 15 is 0 Å². The molecule has 0 spiro atoms. The molecular weight excluding hydrogens is 502 g/mol. The van der Waals surface area contributed by atoms with Crippen LogP contribution < -0.4 is 10.2 Å². The van der Waals surface area contributed by atoms with Gasteiger partial charge in [-0.25, -0.2) is 9.78 Å². The molecule has 9 nitrogen and oxygen atoms in total. The minimum Gasteiger partial charge on any atom is -0.354 e. The lowest BCUT2D eigenvalue weighted by Crippen LogP contribution is -2.38. The largest absolute Gasteiger partial charge is 0.354 e. The third-order valence-corrected chi connectivity index (χ3v) is 7.13. The third kappa shape index (κ3) is 5.49. The highest BCUT2D eigenvalue weighted by Crippen LogP contribution is 2.34. The van der Waals surface area contributed by atoms with Crippen LogP contribution in [0.2, 0.25) is 0 Å². The summed E-state index contributed by atoms with van der Waals surface area (Å²) in [5.74, 6) is 1.44. The Hall–Kier alpha value is -4.79. The number of carbonyl (C=O) groups excluding carboxylic acids is 1. The molecule has 202 valence electrons. The number of urea groups is 1. The maximum absolute atomic E-state index is 13.1. The number of nitrogens with zero attached hydrogens (tertiary/aromatic N) is 6. The van der Waals surface area contributed by atoms with Crippen LogP contribution in [0.3, 0.4) is 0 Å². The van der Waals surface area contributed by atoms with Crippen molar-refractivity contribution >= 4 is 28.6 Å². The molecule has 2 amide bonds. The van der Waals surface area contributed by atoms with Gasteiger partial charge in [0.2, 0.25) is 0 Å². The van der Waals surface area contributed by atoms with Crippen molar-refractivity contribution in [3.05, 3.63) is 95.6 Å². The number of aryl methyl sites for hydroxylation is 2. The number of carbonyl (C=O) groups is 1. The van der Waals surface area contributed by atoms with E-state index in [1.807, 2.05) is 48.2 Å². The summed E-state index contributed by atoms with van der Waals surface area (Å²) < 4.78 is 5.77. The number of aromatic nitrogens is 4. The van der Waals surface area contributed by atoms with Gasteiger partial charge >= 0.3 is 6.03 Å². The molecule has 3 aromatic heterocycles. The van der Waals surface area contributed by atoms with Crippen molar-refractivity contribution in [2.45, 2.75) is 26.7 Å². The molecule has 1 aliphatic rings. The number of benzene rings is 2. The van der Waals surface area contributed by atoms with Crippen LogP contribution in [0.1, 0.15) is 28.9 Å². The molecule has 0 saturated carbocycles. The molecule has 0 bridgehead atoms. The lowest BCUT2D eigenvalue weighted by atomic mass is 10.1. The highest BCUT2D eigenvalue weighted by molar-refractivity contribution is 5.98. The van der Waals surface area contributed by atoms with Gasteiger partial charge in [0.05, 0.1) is 0 Å². The minimum atomic E-state index is -0.0960. The molecule has 1 aliphatic heterocycles. The Morgan fingerprint density at radius 1 is 0.950 bits per heavy atom. The average molecular weight is 534 g/mol. The van der Waals surface area contributed by atoms with Crippen LogP contribution in [-0.2, 0) is 6.42 Å². The smallest absolute Gasteiger partial charge is 0.321 e. The van der Waals surface area contributed by atoms with E-state index in [1.165, 1.54) is 5.56 Å². The fraction of sp³-hybridized carbons (Fsp3) is 0.258. The van der Waals surface area contributed by atoms with Gasteiger partial charge in [0.1, 0.15) is 22.7 Å². The number of rotatable bonds is 5. The van der Waals surface area contributed by atoms with Crippen molar-refractivity contribution in [2.75, 3.05) is 36.4 Å². The Balaban J connectivity index is 1.31. The molecule has 0 atom stereocenters. The van der Waals surface area contributed by atoms with E-state index in [4.69, 9.17) is 14.5 Å². The van der Waals surface area contributed by atoms with Crippen LogP contribution in [0, 0.1) is 13.8 Å². The maximum Gasteiger partial charge on any atom is 0.321 e. The van der Waals surface area contributed by atoms with Crippen molar-refractivity contribution in [3.8, 4) is 11.3 Å². The zero-order valence-corrected chi connectivity index (χ0v) is 22.7. The van der Waals surface area contributed by atoms with Gasteiger partial charge in [-0.1, -0.05) is 47.1 Å². The monoisotopic (exact) mass is 533 g/mol. The fourth-order valence-corrected chi connectivity index (χ4v) is 5.03. The van der Waals surface area contributed by atoms with Gasteiger partial charge < -0.3 is 19.6 Å². The zero-order valence-electron chi connectivity index (χ0n) is 22.7. The topological polar surface area (TPSA) is 100 Å². The predicted octanol–water partition coefficient (Wildman–Crippen LogP) is 5.63. The van der Waals surface area contributed by atoms with Gasteiger partial charge in [0, 0.05) is 56.2 Å². The van der Waals surface area contributed by atoms with Gasteiger partial charge in [-0.05, 0) is 55.7 Å². The molecule has 40 heavy (non-hydrogen) atoms. The molecule has 1 N–H and O–H groups in total. The van der Waals surface area contributed by atoms with Crippen LogP contribution >= 0.6 is 0 Å². The lowest BCUT2D eigenvalue weighted by Gasteiger charge is -2.24. The standard InChI is InChI=1S/C31H31N7O2/c1-21-9-11-23(12-10-21)19-26-34-29(27-28(36-40-30(27)35-26)24-7-4-13-32-20-24)37-14-5-15-38(17-16-37)31(39)33-25-8-3-6-22(2)18-25/h3-4,6-13,18,20H,5,14-17,19H2,1-2H3,(H,33,39). The second-order valence-electron chi connectivity index (χ2n) is 10.2. The molecular formula is C31H31N7O2. The van der Waals surface area contributed by atoms with E-state index in [-0.39, 0.29) is 6.03 Å². The normalized spacial score (nSPS) is 13.8. The molecule has 1 saturated heterocycles. The quantitative estimate of drug-likeness (QED) is 0.312. The Kier molecular flexibility index (Phi) is 7.09. The second-order valence-corrected chi connectivity index (χ2v) is 10.2. The van der Waals surface area contributed by atoms with Gasteiger partial charge in [-0.2, -0.15) is 4.98 Å². The minimum absolute atomic E-state index is 0.0960. The molecule has 9 heteroatoms. The summed E-state index contributed by atoms with van der Waals surface area (Å²) in [4.78, 5) is 31.3. The Bertz CT molecular complexity index is 1630. The number of hydrogen-bond acceptors (Lipinski definition) is 7. The molecule has 4 heterocycles. The van der Waals surface area contributed by atoms with Crippen LogP contribution in [0.25, 0.3) is 22.4 Å². The predicted molar refractivity (Wildman–Crippen MR) is 155 cm³/mol. The van der Waals surface area contributed by atoms with Gasteiger partial charge in [0.15, 0.2) is 0 Å². The SMILES string of the molecule is Cc1ccc(Cc2nc(N3CCCN(C(=O)Nc4cccc(C)c4)CC3)c3c(-c4cccnc4)noc3n2)cc1. The van der Waals surface area contributed by atoms with Gasteiger partial charge in [-0.15, -0.1) is 0 Å². The second kappa shape index (κ2) is 11.1. The molecule has 0 radical (unpaired) electrons. The first kappa shape index (κ1) is 25.5. The summed E-state index contributed by atoms with van der Waals surface area (Å²) in [5.41, 5.74) is 6.19. The molecule has 5 aromatic rings. The van der Waals surface area contributed by atoms with Crippen molar-refractivity contribution in [3.63, 3.8) is 0 Å². The van der Waals surface area contributed by atoms with E-state index in [1.54, 1.807) is 12.4 Å². The highest BCUT2D eigenvalue weighted by atomic mass is 16.5. The Morgan fingerprint density at radius 3 is 2.62 bits per heavy atom. The number of pyridine rings is 1. The molecule has 6 rings (SSSR count). The van der Waals surface area contributed by atoms with E-state index in [2.05, 4.69) is 51.5 Å². The van der Waals surface area contributed by atoms with Gasteiger partial charge in [0.25, 0.3) is 5.71 Å². The summed E-state index contributed by atoms with van der Waals surface area (Å²) in [6.07, 6.45) is 4.87. The number of nitrogens with one attached hydrogen (secondary N) is 1. The van der Waals surface area contributed by atoms with E-state index < -0.39 is 0 Å². The van der Waals surface area contributed by atoms with E-state index in [0.717, 1.165) is 46.5 Å². The number of amides is 2. The zero-order chi connectivity index (χ0) is 27.5. The van der Waals surface area contributed by atoms with Crippen LogP contribution in [0.5, 0.6) is 0 Å². The summed E-state index contributed by atoms with van der Waals surface area (Å²) in [6, 6.07) is 20.0. The third-order valence-electron chi connectivity index (χ3n) is 7.13. The first-order chi connectivity index (χ1) is 19.5. The fourth-order valence-electron chi connectivity index (χ4n) is 5.03. The van der Waals surface area contributed by atoms with Crippen LogP contribution in [0.15, 0.2) is 77.6 Å². The number of fused-ring (bicyclic) bond motifs is 1. The average Bonchev–Trinajstić information content (AvgIpc) is 3.23. The lowest BCUT2D eigenvalue weighted by molar-refractivity contribution is 0.215. The summed E-state index contributed by atoms with van der Waals surface area (Å²) in [6.45, 7) is 6.65. The Labute approximate surface area is 232 Å². The highest BCUT2D eigenvalue weighted by Gasteiger charge is 2.26. The van der Waals surface area contributed by atoms with Crippen molar-refractivity contribution < 1.29 is 9.32 Å². The molecule has 2 aromatic carbocycles. The van der Waals surface area contributed by atoms with Gasteiger partial charge in [-0.3, -0.25) is 4.98 Å². The molecule has 0 unspecified atom stereocenters. The molecule has 1 fully saturated rings. The van der Waals surface area contributed by atoms with E-state index in [0.29, 0.717) is 43.3 Å². The van der Waals surface area contributed by atoms with Crippen LogP contribution in [0.4, 0.5) is 16.3 Å². The number of anilines is 2. The summed E-state index contributed by atoms with van der Waals surface area (Å²) in [5, 5.41) is 8.19. The summed E-state index contributed by atoms with van der Waals surface area (Å²) >= 11 is 0. The molecule has 0 aliphatic carbocycles. The number of hydrogen-bond donors (Lipinski definition) is 1. The van der Waals surface area contributed by atoms with E-state index in [9.17, 15) is 4.79 Å². The Morgan fingerprint density at radius 2 is 1.82 bits per heavy atom. The van der Waals surface area contributed by atoms with Crippen molar-refractivity contribution in [1.29, 1.82) is 0 Å². The summed E-state index contributed by atoms with van der Waals surface area (Å²) in [7, 11) is 0.